The summed E-state index contributed by atoms with van der Waals surface area (Å²) in [5, 5.41) is 13.8. The van der Waals surface area contributed by atoms with E-state index in [1.165, 1.54) is 31.4 Å². The SMILES string of the molecule is O=[N+]([O-])c1ccc(CNC2=NCCCCC2)cc1. The molecule has 1 aromatic rings. The minimum Gasteiger partial charge on any atom is -0.370 e. The number of nitro groups is 1. The van der Waals surface area contributed by atoms with Crippen LogP contribution in [0.5, 0.6) is 0 Å². The van der Waals surface area contributed by atoms with Gasteiger partial charge in [0.05, 0.1) is 10.8 Å². The van der Waals surface area contributed by atoms with Crippen LogP contribution in [0.2, 0.25) is 0 Å². The number of rotatable bonds is 3. The van der Waals surface area contributed by atoms with E-state index in [4.69, 9.17) is 0 Å². The minimum atomic E-state index is -0.382. The smallest absolute Gasteiger partial charge is 0.269 e. The Balaban J connectivity index is 1.89. The van der Waals surface area contributed by atoms with Crippen LogP contribution >= 0.6 is 0 Å². The maximum absolute atomic E-state index is 10.5. The number of hydrogen-bond donors (Lipinski definition) is 1. The third-order valence-corrected chi connectivity index (χ3v) is 3.02. The van der Waals surface area contributed by atoms with Crippen molar-refractivity contribution in [1.82, 2.24) is 5.32 Å². The van der Waals surface area contributed by atoms with Crippen LogP contribution in [0, 0.1) is 10.1 Å². The van der Waals surface area contributed by atoms with Gasteiger partial charge in [0.15, 0.2) is 0 Å². The molecule has 0 atom stereocenters. The van der Waals surface area contributed by atoms with Gasteiger partial charge in [-0.05, 0) is 18.4 Å². The molecule has 2 rings (SSSR count). The average Bonchev–Trinajstić information content (AvgIpc) is 2.65. The van der Waals surface area contributed by atoms with Gasteiger partial charge in [0.1, 0.15) is 0 Å². The molecule has 18 heavy (non-hydrogen) atoms. The molecule has 5 heteroatoms. The van der Waals surface area contributed by atoms with Crippen LogP contribution in [0.25, 0.3) is 0 Å². The first-order chi connectivity index (χ1) is 8.75. The summed E-state index contributed by atoms with van der Waals surface area (Å²) in [6.45, 7) is 1.58. The second-order valence-corrected chi connectivity index (χ2v) is 4.42. The van der Waals surface area contributed by atoms with E-state index in [1.54, 1.807) is 12.1 Å². The van der Waals surface area contributed by atoms with Crippen molar-refractivity contribution in [3.05, 3.63) is 39.9 Å². The van der Waals surface area contributed by atoms with E-state index in [0.717, 1.165) is 24.4 Å². The van der Waals surface area contributed by atoms with Gasteiger partial charge in [-0.15, -0.1) is 0 Å². The summed E-state index contributed by atoms with van der Waals surface area (Å²) in [6.07, 6.45) is 4.61. The van der Waals surface area contributed by atoms with Crippen molar-refractivity contribution in [3.8, 4) is 0 Å². The Morgan fingerprint density at radius 3 is 2.72 bits per heavy atom. The summed E-state index contributed by atoms with van der Waals surface area (Å²) in [7, 11) is 0. The Morgan fingerprint density at radius 2 is 2.00 bits per heavy atom. The van der Waals surface area contributed by atoms with Gasteiger partial charge < -0.3 is 5.32 Å². The van der Waals surface area contributed by atoms with Crippen molar-refractivity contribution >= 4 is 11.5 Å². The number of aliphatic imine (C=N–C) groups is 1. The second kappa shape index (κ2) is 6.14. The highest BCUT2D eigenvalue weighted by Crippen LogP contribution is 2.12. The van der Waals surface area contributed by atoms with Gasteiger partial charge in [0.2, 0.25) is 0 Å². The van der Waals surface area contributed by atoms with E-state index in [-0.39, 0.29) is 10.6 Å². The monoisotopic (exact) mass is 247 g/mol. The van der Waals surface area contributed by atoms with E-state index in [2.05, 4.69) is 10.3 Å². The topological polar surface area (TPSA) is 67.5 Å². The van der Waals surface area contributed by atoms with Crippen LogP contribution in [0.1, 0.15) is 31.2 Å². The fraction of sp³-hybridized carbons (Fsp3) is 0.462. The molecule has 0 radical (unpaired) electrons. The van der Waals surface area contributed by atoms with Crippen molar-refractivity contribution in [2.24, 2.45) is 4.99 Å². The summed E-state index contributed by atoms with van der Waals surface area (Å²) in [6, 6.07) is 6.63. The summed E-state index contributed by atoms with van der Waals surface area (Å²) < 4.78 is 0. The third-order valence-electron chi connectivity index (χ3n) is 3.02. The Morgan fingerprint density at radius 1 is 1.22 bits per heavy atom. The van der Waals surface area contributed by atoms with Crippen LogP contribution in [-0.2, 0) is 6.54 Å². The Labute approximate surface area is 106 Å². The molecule has 0 saturated carbocycles. The highest BCUT2D eigenvalue weighted by molar-refractivity contribution is 5.82. The highest BCUT2D eigenvalue weighted by Gasteiger charge is 2.06. The van der Waals surface area contributed by atoms with Crippen LogP contribution in [0.3, 0.4) is 0 Å². The predicted molar refractivity (Wildman–Crippen MR) is 70.7 cm³/mol. The largest absolute Gasteiger partial charge is 0.370 e. The second-order valence-electron chi connectivity index (χ2n) is 4.42. The van der Waals surface area contributed by atoms with E-state index in [9.17, 15) is 10.1 Å². The molecule has 0 bridgehead atoms. The van der Waals surface area contributed by atoms with Gasteiger partial charge in [0.25, 0.3) is 5.69 Å². The maximum Gasteiger partial charge on any atom is 0.269 e. The van der Waals surface area contributed by atoms with Gasteiger partial charge in [-0.2, -0.15) is 0 Å². The van der Waals surface area contributed by atoms with E-state index in [0.29, 0.717) is 6.54 Å². The fourth-order valence-electron chi connectivity index (χ4n) is 1.96. The molecule has 0 unspecified atom stereocenters. The number of nitro benzene ring substituents is 1. The molecule has 1 aliphatic rings. The highest BCUT2D eigenvalue weighted by atomic mass is 16.6. The molecule has 1 aliphatic heterocycles. The summed E-state index contributed by atoms with van der Waals surface area (Å²) in [4.78, 5) is 14.6. The fourth-order valence-corrected chi connectivity index (χ4v) is 1.96. The summed E-state index contributed by atoms with van der Waals surface area (Å²) in [5.41, 5.74) is 1.16. The maximum atomic E-state index is 10.5. The number of benzene rings is 1. The quantitative estimate of drug-likeness (QED) is 0.659. The molecular formula is C13H17N3O2. The standard InChI is InChI=1S/C13H17N3O2/c17-16(18)12-7-5-11(6-8-12)10-15-13-4-2-1-3-9-14-13/h5-8H,1-4,9-10H2,(H,14,15). The molecule has 0 saturated heterocycles. The van der Waals surface area contributed by atoms with Crippen molar-refractivity contribution < 1.29 is 4.92 Å². The van der Waals surface area contributed by atoms with Gasteiger partial charge in [0, 0.05) is 31.6 Å². The van der Waals surface area contributed by atoms with Crippen molar-refractivity contribution in [2.45, 2.75) is 32.2 Å². The first kappa shape index (κ1) is 12.5. The molecule has 5 nitrogen and oxygen atoms in total. The number of nitrogens with one attached hydrogen (secondary N) is 1. The molecule has 1 aromatic carbocycles. The molecular weight excluding hydrogens is 230 g/mol. The van der Waals surface area contributed by atoms with Gasteiger partial charge in [-0.25, -0.2) is 0 Å². The first-order valence-corrected chi connectivity index (χ1v) is 6.26. The lowest BCUT2D eigenvalue weighted by Gasteiger charge is -2.08. The molecule has 0 aromatic heterocycles. The summed E-state index contributed by atoms with van der Waals surface area (Å²) >= 11 is 0. The van der Waals surface area contributed by atoms with Crippen molar-refractivity contribution in [2.75, 3.05) is 6.54 Å². The molecule has 0 amide bonds. The minimum absolute atomic E-state index is 0.130. The molecule has 1 heterocycles. The lowest BCUT2D eigenvalue weighted by atomic mass is 10.2. The molecule has 1 N–H and O–H groups in total. The number of amidine groups is 1. The zero-order valence-electron chi connectivity index (χ0n) is 10.3. The Hall–Kier alpha value is -1.91. The van der Waals surface area contributed by atoms with Crippen LogP contribution in [-0.4, -0.2) is 17.3 Å². The lowest BCUT2D eigenvalue weighted by Crippen LogP contribution is -2.22. The molecule has 0 spiro atoms. The predicted octanol–water partition coefficient (Wildman–Crippen LogP) is 2.66. The van der Waals surface area contributed by atoms with E-state index >= 15 is 0 Å². The molecule has 96 valence electrons. The molecule has 0 fully saturated rings. The van der Waals surface area contributed by atoms with Crippen molar-refractivity contribution in [1.29, 1.82) is 0 Å². The van der Waals surface area contributed by atoms with Crippen molar-refractivity contribution in [3.63, 3.8) is 0 Å². The third kappa shape index (κ3) is 3.55. The Kier molecular flexibility index (Phi) is 4.28. The van der Waals surface area contributed by atoms with Gasteiger partial charge >= 0.3 is 0 Å². The number of hydrogen-bond acceptors (Lipinski definition) is 4. The number of nitrogens with zero attached hydrogens (tertiary/aromatic N) is 2. The van der Waals surface area contributed by atoms with Gasteiger partial charge in [-0.1, -0.05) is 18.6 Å². The zero-order chi connectivity index (χ0) is 12.8. The van der Waals surface area contributed by atoms with Gasteiger partial charge in [-0.3, -0.25) is 15.1 Å². The zero-order valence-corrected chi connectivity index (χ0v) is 10.3. The van der Waals surface area contributed by atoms with E-state index in [1.807, 2.05) is 0 Å². The lowest BCUT2D eigenvalue weighted by molar-refractivity contribution is -0.384. The van der Waals surface area contributed by atoms with E-state index < -0.39 is 0 Å². The molecule has 0 aliphatic carbocycles. The van der Waals surface area contributed by atoms with Crippen LogP contribution in [0.4, 0.5) is 5.69 Å². The first-order valence-electron chi connectivity index (χ1n) is 6.26. The summed E-state index contributed by atoms with van der Waals surface area (Å²) in [5.74, 6) is 1.06. The number of non-ortho nitro benzene ring substituents is 1. The van der Waals surface area contributed by atoms with Crippen LogP contribution < -0.4 is 5.32 Å². The normalized spacial score (nSPS) is 15.7. The average molecular weight is 247 g/mol. The van der Waals surface area contributed by atoms with Crippen LogP contribution in [0.15, 0.2) is 29.3 Å². The Bertz CT molecular complexity index is 440.